The summed E-state index contributed by atoms with van der Waals surface area (Å²) < 4.78 is 41.9. The summed E-state index contributed by atoms with van der Waals surface area (Å²) in [7, 11) is 0. The molecule has 0 bridgehead atoms. The van der Waals surface area contributed by atoms with Gasteiger partial charge in [-0.1, -0.05) is 0 Å². The zero-order valence-electron chi connectivity index (χ0n) is 8.64. The first-order valence-corrected chi connectivity index (χ1v) is 4.69. The molecule has 1 aliphatic heterocycles. The van der Waals surface area contributed by atoms with Gasteiger partial charge in [0.2, 0.25) is 0 Å². The van der Waals surface area contributed by atoms with Crippen molar-refractivity contribution in [1.82, 2.24) is 0 Å². The second-order valence-corrected chi connectivity index (χ2v) is 3.61. The Hall–Kier alpha value is -2.09. The first kappa shape index (κ1) is 12.4. The lowest BCUT2D eigenvalue weighted by Gasteiger charge is -2.31. The lowest BCUT2D eigenvalue weighted by molar-refractivity contribution is -0.385. The van der Waals surface area contributed by atoms with Gasteiger partial charge in [0.25, 0.3) is 5.69 Å². The smallest absolute Gasteiger partial charge is 0.450 e. The van der Waals surface area contributed by atoms with Crippen LogP contribution < -0.4 is 4.74 Å². The predicted molar refractivity (Wildman–Crippen MR) is 53.8 cm³/mol. The molecule has 1 aromatic carbocycles. The lowest BCUT2D eigenvalue weighted by atomic mass is 10.1. The number of non-ortho nitro benzene ring substituents is 1. The molecular weight excluding hydrogens is 255 g/mol. The second-order valence-electron chi connectivity index (χ2n) is 3.61. The minimum Gasteiger partial charge on any atom is -0.450 e. The van der Waals surface area contributed by atoms with Gasteiger partial charge in [0, 0.05) is 17.7 Å². The Morgan fingerprint density at radius 2 is 2.06 bits per heavy atom. The Morgan fingerprint density at radius 1 is 1.39 bits per heavy atom. The lowest BCUT2D eigenvalue weighted by Crippen LogP contribution is -2.49. The fourth-order valence-electron chi connectivity index (χ4n) is 1.43. The molecular formula is C10H6F3NO4. The van der Waals surface area contributed by atoms with E-state index in [0.29, 0.717) is 6.08 Å². The Labute approximate surface area is 98.3 Å². The molecule has 0 saturated carbocycles. The van der Waals surface area contributed by atoms with Crippen LogP contribution in [0.2, 0.25) is 0 Å². The largest absolute Gasteiger partial charge is 0.459 e. The first-order chi connectivity index (χ1) is 8.23. The van der Waals surface area contributed by atoms with Crippen LogP contribution in [0.3, 0.4) is 0 Å². The monoisotopic (exact) mass is 261 g/mol. The standard InChI is InChI=1S/C10H6F3NO4/c11-10(12,13)9(15)4-3-6-5-7(14(16)17)1-2-8(6)18-9/h1-5,15H. The number of ether oxygens (including phenoxy) is 1. The van der Waals surface area contributed by atoms with Crippen molar-refractivity contribution in [3.8, 4) is 5.75 Å². The number of halogens is 3. The molecule has 0 spiro atoms. The minimum atomic E-state index is -5.00. The molecule has 18 heavy (non-hydrogen) atoms. The molecule has 0 saturated heterocycles. The third-order valence-electron chi connectivity index (χ3n) is 2.36. The van der Waals surface area contributed by atoms with Crippen LogP contribution in [-0.2, 0) is 0 Å². The van der Waals surface area contributed by atoms with E-state index >= 15 is 0 Å². The van der Waals surface area contributed by atoms with Crippen molar-refractivity contribution in [2.24, 2.45) is 0 Å². The topological polar surface area (TPSA) is 72.6 Å². The van der Waals surface area contributed by atoms with Gasteiger partial charge in [-0.25, -0.2) is 0 Å². The first-order valence-electron chi connectivity index (χ1n) is 4.69. The van der Waals surface area contributed by atoms with Crippen LogP contribution in [0.1, 0.15) is 5.56 Å². The number of alkyl halides is 3. The summed E-state index contributed by atoms with van der Waals surface area (Å²) in [6.45, 7) is 0. The number of nitro benzene ring substituents is 1. The molecule has 0 fully saturated rings. The zero-order chi connectivity index (χ0) is 13.6. The zero-order valence-corrected chi connectivity index (χ0v) is 8.64. The van der Waals surface area contributed by atoms with E-state index in [4.69, 9.17) is 0 Å². The number of benzene rings is 1. The van der Waals surface area contributed by atoms with Gasteiger partial charge < -0.3 is 9.84 Å². The number of nitrogens with zero attached hydrogens (tertiary/aromatic N) is 1. The van der Waals surface area contributed by atoms with Gasteiger partial charge in [-0.3, -0.25) is 10.1 Å². The molecule has 2 rings (SSSR count). The molecule has 1 heterocycles. The SMILES string of the molecule is O=[N+]([O-])c1ccc2c(c1)C=CC(O)(C(F)(F)F)O2. The van der Waals surface area contributed by atoms with E-state index in [2.05, 4.69) is 4.74 Å². The highest BCUT2D eigenvalue weighted by Crippen LogP contribution is 2.40. The van der Waals surface area contributed by atoms with Gasteiger partial charge in [-0.2, -0.15) is 13.2 Å². The summed E-state index contributed by atoms with van der Waals surface area (Å²) in [5.74, 6) is -3.68. The van der Waals surface area contributed by atoms with E-state index in [9.17, 15) is 28.4 Å². The fourth-order valence-corrected chi connectivity index (χ4v) is 1.43. The molecule has 1 atom stereocenters. The van der Waals surface area contributed by atoms with Crippen LogP contribution in [0.4, 0.5) is 18.9 Å². The number of nitro groups is 1. The molecule has 1 N–H and O–H groups in total. The van der Waals surface area contributed by atoms with Crippen molar-refractivity contribution in [1.29, 1.82) is 0 Å². The molecule has 0 aromatic heterocycles. The predicted octanol–water partition coefficient (Wildman–Crippen LogP) is 2.25. The van der Waals surface area contributed by atoms with Crippen LogP contribution in [0.25, 0.3) is 6.08 Å². The van der Waals surface area contributed by atoms with Gasteiger partial charge in [0.05, 0.1) is 4.92 Å². The van der Waals surface area contributed by atoms with Gasteiger partial charge in [-0.05, 0) is 18.2 Å². The van der Waals surface area contributed by atoms with Crippen molar-refractivity contribution in [2.45, 2.75) is 12.0 Å². The summed E-state index contributed by atoms with van der Waals surface area (Å²) in [6.07, 6.45) is -3.67. The van der Waals surface area contributed by atoms with E-state index in [1.165, 1.54) is 0 Å². The Bertz CT molecular complexity index is 540. The summed E-state index contributed by atoms with van der Waals surface area (Å²) >= 11 is 0. The molecule has 8 heteroatoms. The summed E-state index contributed by atoms with van der Waals surface area (Å²) in [4.78, 5) is 9.80. The van der Waals surface area contributed by atoms with E-state index in [0.717, 1.165) is 24.3 Å². The Balaban J connectivity index is 2.42. The van der Waals surface area contributed by atoms with E-state index in [-0.39, 0.29) is 17.0 Å². The maximum atomic E-state index is 12.5. The van der Waals surface area contributed by atoms with Crippen LogP contribution >= 0.6 is 0 Å². The normalized spacial score (nSPS) is 22.2. The van der Waals surface area contributed by atoms with Crippen LogP contribution in [0, 0.1) is 10.1 Å². The van der Waals surface area contributed by atoms with Crippen molar-refractivity contribution < 1.29 is 27.9 Å². The number of hydrogen-bond donors (Lipinski definition) is 1. The van der Waals surface area contributed by atoms with Gasteiger partial charge >= 0.3 is 12.0 Å². The van der Waals surface area contributed by atoms with E-state index in [1.54, 1.807) is 0 Å². The van der Waals surface area contributed by atoms with Gasteiger partial charge in [0.15, 0.2) is 0 Å². The number of aliphatic hydroxyl groups is 1. The summed E-state index contributed by atoms with van der Waals surface area (Å²) in [5, 5.41) is 19.7. The average Bonchev–Trinajstić information content (AvgIpc) is 2.26. The van der Waals surface area contributed by atoms with Crippen molar-refractivity contribution >= 4 is 11.8 Å². The van der Waals surface area contributed by atoms with Gasteiger partial charge in [-0.15, -0.1) is 0 Å². The maximum absolute atomic E-state index is 12.5. The van der Waals surface area contributed by atoms with Crippen molar-refractivity contribution in [3.05, 3.63) is 40.0 Å². The number of rotatable bonds is 1. The molecule has 0 amide bonds. The van der Waals surface area contributed by atoms with Crippen LogP contribution in [0.5, 0.6) is 5.75 Å². The fraction of sp³-hybridized carbons (Fsp3) is 0.200. The molecule has 96 valence electrons. The molecule has 0 aliphatic carbocycles. The molecule has 5 nitrogen and oxygen atoms in total. The Morgan fingerprint density at radius 3 is 2.61 bits per heavy atom. The van der Waals surface area contributed by atoms with Crippen molar-refractivity contribution in [2.75, 3.05) is 0 Å². The highest BCUT2D eigenvalue weighted by Gasteiger charge is 2.56. The maximum Gasteiger partial charge on any atom is 0.459 e. The Kier molecular flexibility index (Phi) is 2.54. The van der Waals surface area contributed by atoms with Gasteiger partial charge in [0.1, 0.15) is 5.75 Å². The quantitative estimate of drug-likeness (QED) is 0.621. The highest BCUT2D eigenvalue weighted by molar-refractivity contribution is 5.63. The van der Waals surface area contributed by atoms with Crippen LogP contribution in [-0.4, -0.2) is 22.0 Å². The van der Waals surface area contributed by atoms with E-state index < -0.39 is 16.9 Å². The summed E-state index contributed by atoms with van der Waals surface area (Å²) in [6, 6.07) is 3.06. The third kappa shape index (κ3) is 1.90. The summed E-state index contributed by atoms with van der Waals surface area (Å²) in [5.41, 5.74) is -0.183. The third-order valence-corrected chi connectivity index (χ3v) is 2.36. The van der Waals surface area contributed by atoms with E-state index in [1.807, 2.05) is 0 Å². The average molecular weight is 261 g/mol. The second kappa shape index (κ2) is 3.70. The van der Waals surface area contributed by atoms with Crippen molar-refractivity contribution in [3.63, 3.8) is 0 Å². The molecule has 1 aromatic rings. The highest BCUT2D eigenvalue weighted by atomic mass is 19.4. The number of hydrogen-bond acceptors (Lipinski definition) is 4. The molecule has 1 aliphatic rings. The molecule has 0 radical (unpaired) electrons. The minimum absolute atomic E-state index is 0.0955. The van der Waals surface area contributed by atoms with Crippen LogP contribution in [0.15, 0.2) is 24.3 Å². The number of fused-ring (bicyclic) bond motifs is 1. The molecule has 1 unspecified atom stereocenters.